The van der Waals surface area contributed by atoms with Crippen LogP contribution in [0.2, 0.25) is 47.0 Å². The summed E-state index contributed by atoms with van der Waals surface area (Å²) in [5, 5.41) is 0. The van der Waals surface area contributed by atoms with Crippen LogP contribution < -0.4 is 0 Å². The van der Waals surface area contributed by atoms with Gasteiger partial charge in [0.25, 0.3) is 0 Å². The van der Waals surface area contributed by atoms with Crippen molar-refractivity contribution in [3.8, 4) is 0 Å². The summed E-state index contributed by atoms with van der Waals surface area (Å²) >= 11 is 0. The third-order valence-corrected chi connectivity index (χ3v) is 209. The molecular formula is C13H55NSi15. The van der Waals surface area contributed by atoms with Crippen LogP contribution in [0.5, 0.6) is 0 Å². The smallest absolute Gasteiger partial charge is 0.0185 e. The number of hydrogen-bond acceptors (Lipinski definition) is 1. The van der Waals surface area contributed by atoms with Crippen molar-refractivity contribution >= 4 is 131 Å². The summed E-state index contributed by atoms with van der Waals surface area (Å²) in [5.74, 6) is 0. The minimum Gasteiger partial charge on any atom is -0.304 e. The van der Waals surface area contributed by atoms with Gasteiger partial charge in [-0.3, -0.25) is 0 Å². The van der Waals surface area contributed by atoms with E-state index in [0.29, 0.717) is 44.5 Å². The molecule has 0 spiro atoms. The van der Waals surface area contributed by atoms with Gasteiger partial charge in [-0.1, -0.05) is 47.9 Å². The SMILES string of the molecule is CCCN(C)C(C[SiH2]C)C[SiH2][SiH]1[SiH2]C[SiH](C[SiH2]C[SiH2]C[SiH2][SiH]2[SiH2]C[SiH2][SiH2][SiH2]2)[SiH2][SiH2]1. The van der Waals surface area contributed by atoms with Gasteiger partial charge >= 0.3 is 0 Å². The summed E-state index contributed by atoms with van der Waals surface area (Å²) in [4.78, 5) is 2.81. The second-order valence-corrected chi connectivity index (χ2v) is 122. The Labute approximate surface area is 214 Å². The predicted octanol–water partition coefficient (Wildman–Crippen LogP) is -8.42. The molecule has 2 fully saturated rings. The maximum atomic E-state index is 2.81. The molecule has 4 atom stereocenters. The molecule has 2 rings (SSSR count). The number of nitrogens with zero attached hydrogens (tertiary/aromatic N) is 1. The Morgan fingerprint density at radius 1 is 1.00 bits per heavy atom. The van der Waals surface area contributed by atoms with Gasteiger partial charge < -0.3 is 4.90 Å². The number of rotatable bonds is 15. The molecule has 2 heterocycles. The van der Waals surface area contributed by atoms with Crippen LogP contribution in [-0.4, -0.2) is 156 Å². The van der Waals surface area contributed by atoms with E-state index in [4.69, 9.17) is 0 Å². The Morgan fingerprint density at radius 3 is 2.55 bits per heavy atom. The van der Waals surface area contributed by atoms with Crippen LogP contribution in [0.3, 0.4) is 0 Å². The standard InChI is InChI=1S/C13H55NSi15/c1-4-5-14(2)13(6-15-3)7-19-28-22-12-27(25-26-28)11-17-8-16-9-20-29-21-10-18-23-24-29/h13,27-29H,4-12,15-26H2,1-3H3. The molecule has 0 bridgehead atoms. The molecule has 4 unspecified atom stereocenters. The van der Waals surface area contributed by atoms with E-state index in [1.54, 1.807) is 6.04 Å². The summed E-state index contributed by atoms with van der Waals surface area (Å²) in [6, 6.07) is 4.58. The Balaban J connectivity index is 1.48. The fraction of sp³-hybridized carbons (Fsp3) is 1.00. The lowest BCUT2D eigenvalue weighted by atomic mass is 10.3. The average molecular weight is 647 g/mol. The molecule has 0 N–H and O–H groups in total. The first-order chi connectivity index (χ1) is 14.2. The molecule has 0 saturated carbocycles. The Hall–Kier alpha value is 3.21. The summed E-state index contributed by atoms with van der Waals surface area (Å²) in [7, 11) is 11.1. The summed E-state index contributed by atoms with van der Waals surface area (Å²) in [5.41, 5.74) is 10.3. The van der Waals surface area contributed by atoms with E-state index in [1.807, 2.05) is 17.4 Å². The molecule has 172 valence electrons. The molecule has 2 aliphatic heterocycles. The second kappa shape index (κ2) is 18.5. The van der Waals surface area contributed by atoms with Gasteiger partial charge in [0.15, 0.2) is 0 Å². The molecule has 0 aromatic rings. The zero-order valence-corrected chi connectivity index (χ0v) is 41.0. The van der Waals surface area contributed by atoms with Crippen molar-refractivity contribution in [2.24, 2.45) is 0 Å². The predicted molar refractivity (Wildman–Crippen MR) is 190 cm³/mol. The van der Waals surface area contributed by atoms with Crippen molar-refractivity contribution in [3.63, 3.8) is 0 Å². The molecule has 0 aromatic heterocycles. The van der Waals surface area contributed by atoms with Gasteiger partial charge in [0.05, 0.1) is 0 Å². The zero-order chi connectivity index (χ0) is 20.7. The largest absolute Gasteiger partial charge is 0.304 e. The van der Waals surface area contributed by atoms with Gasteiger partial charge in [-0.25, -0.2) is 0 Å². The topological polar surface area (TPSA) is 3.24 Å². The van der Waals surface area contributed by atoms with E-state index in [2.05, 4.69) is 42.4 Å². The number of hydrogen-bond donors (Lipinski definition) is 0. The molecule has 2 saturated heterocycles. The first-order valence-electron chi connectivity index (χ1n) is 13.9. The zero-order valence-electron chi connectivity index (χ0n) is 20.6. The van der Waals surface area contributed by atoms with Gasteiger partial charge in [-0.2, -0.15) is 0 Å². The summed E-state index contributed by atoms with van der Waals surface area (Å²) in [6.07, 6.45) is 1.38. The molecule has 29 heavy (non-hydrogen) atoms. The van der Waals surface area contributed by atoms with E-state index in [-0.39, 0.29) is 25.2 Å². The monoisotopic (exact) mass is 645 g/mol. The molecule has 0 aliphatic carbocycles. The minimum atomic E-state index is 0.106. The normalized spacial score (nSPS) is 34.6. The van der Waals surface area contributed by atoms with Crippen molar-refractivity contribution in [1.29, 1.82) is 0 Å². The lowest BCUT2D eigenvalue weighted by Crippen LogP contribution is -2.53. The van der Waals surface area contributed by atoms with E-state index in [0.717, 1.165) is 67.4 Å². The highest BCUT2D eigenvalue weighted by Gasteiger charge is 2.25. The molecule has 0 amide bonds. The van der Waals surface area contributed by atoms with Crippen LogP contribution in [0.15, 0.2) is 0 Å². The second-order valence-electron chi connectivity index (χ2n) is 10.9. The van der Waals surface area contributed by atoms with Gasteiger partial charge in [0.1, 0.15) is 0 Å². The highest BCUT2D eigenvalue weighted by molar-refractivity contribution is 7.76. The Morgan fingerprint density at radius 2 is 1.86 bits per heavy atom. The fourth-order valence-electron chi connectivity index (χ4n) is 6.39. The quantitative estimate of drug-likeness (QED) is 0.126. The third-order valence-electron chi connectivity index (χ3n) is 8.40. The van der Waals surface area contributed by atoms with Gasteiger partial charge in [0, 0.05) is 88.1 Å². The molecule has 1 nitrogen and oxygen atoms in total. The maximum Gasteiger partial charge on any atom is 0.0185 e. The van der Waals surface area contributed by atoms with E-state index in [9.17, 15) is 0 Å². The van der Waals surface area contributed by atoms with E-state index < -0.39 is 0 Å². The molecule has 0 aromatic carbocycles. The van der Waals surface area contributed by atoms with Crippen molar-refractivity contribution in [2.45, 2.75) is 66.4 Å². The lowest BCUT2D eigenvalue weighted by molar-refractivity contribution is 0.274. The van der Waals surface area contributed by atoms with Crippen LogP contribution in [0.25, 0.3) is 0 Å². The van der Waals surface area contributed by atoms with Gasteiger partial charge in [-0.15, -0.1) is 0 Å². The van der Waals surface area contributed by atoms with Crippen LogP contribution >= 0.6 is 0 Å². The van der Waals surface area contributed by atoms with Gasteiger partial charge in [0.2, 0.25) is 0 Å². The fourth-order valence-corrected chi connectivity index (χ4v) is 376. The van der Waals surface area contributed by atoms with Crippen molar-refractivity contribution in [3.05, 3.63) is 0 Å². The Kier molecular flexibility index (Phi) is 18.2. The first kappa shape index (κ1) is 28.5. The van der Waals surface area contributed by atoms with Crippen molar-refractivity contribution in [2.75, 3.05) is 13.6 Å². The van der Waals surface area contributed by atoms with E-state index >= 15 is 0 Å². The van der Waals surface area contributed by atoms with Crippen molar-refractivity contribution < 1.29 is 0 Å². The van der Waals surface area contributed by atoms with E-state index in [1.165, 1.54) is 13.0 Å². The molecule has 2 aliphatic rings. The van der Waals surface area contributed by atoms with Crippen LogP contribution in [0.4, 0.5) is 0 Å². The average Bonchev–Trinajstić information content (AvgIpc) is 2.75. The molecular weight excluding hydrogens is 591 g/mol. The first-order valence-corrected chi connectivity index (χ1v) is 61.8. The van der Waals surface area contributed by atoms with Crippen LogP contribution in [0, 0.1) is 0 Å². The highest BCUT2D eigenvalue weighted by atomic mass is 30.0. The Bertz CT molecular complexity index is 392. The summed E-state index contributed by atoms with van der Waals surface area (Å²) < 4.78 is 0. The maximum absolute atomic E-state index is 2.81. The third kappa shape index (κ3) is 13.0. The highest BCUT2D eigenvalue weighted by Crippen LogP contribution is 2.11. The summed E-state index contributed by atoms with van der Waals surface area (Å²) in [6.45, 7) is 6.35. The van der Waals surface area contributed by atoms with Gasteiger partial charge in [-0.05, 0) is 75.0 Å². The van der Waals surface area contributed by atoms with Crippen molar-refractivity contribution in [1.82, 2.24) is 4.90 Å². The molecule has 16 heteroatoms. The lowest BCUT2D eigenvalue weighted by Gasteiger charge is -2.30. The molecule has 0 radical (unpaired) electrons. The van der Waals surface area contributed by atoms with Crippen LogP contribution in [-0.2, 0) is 0 Å². The van der Waals surface area contributed by atoms with Crippen LogP contribution in [0.1, 0.15) is 13.3 Å². The minimum absolute atomic E-state index is 0.106.